The normalized spacial score (nSPS) is 11.0. The Balaban J connectivity index is 1.97. The van der Waals surface area contributed by atoms with Gasteiger partial charge in [-0.05, 0) is 42.3 Å². The molecule has 0 bridgehead atoms. The Morgan fingerprint density at radius 2 is 1.87 bits per heavy atom. The zero-order chi connectivity index (χ0) is 22.4. The van der Waals surface area contributed by atoms with Crippen molar-refractivity contribution in [3.63, 3.8) is 0 Å². The number of carbonyl (C=O) groups excluding carboxylic acids is 2. The summed E-state index contributed by atoms with van der Waals surface area (Å²) >= 11 is 13.2. The minimum Gasteiger partial charge on any atom is -0.462 e. The molecule has 5 nitrogen and oxygen atoms in total. The van der Waals surface area contributed by atoms with Crippen molar-refractivity contribution >= 4 is 57.5 Å². The maximum atomic E-state index is 12.8. The summed E-state index contributed by atoms with van der Waals surface area (Å²) in [4.78, 5) is 25.4. The molecular formula is C23H16Cl2N2O3S. The number of nitrogens with one attached hydrogen (secondary N) is 1. The Morgan fingerprint density at radius 1 is 1.16 bits per heavy atom. The summed E-state index contributed by atoms with van der Waals surface area (Å²) in [5.41, 5.74) is 1.96. The molecule has 0 unspecified atom stereocenters. The van der Waals surface area contributed by atoms with Gasteiger partial charge in [-0.25, -0.2) is 4.79 Å². The summed E-state index contributed by atoms with van der Waals surface area (Å²) < 4.78 is 5.19. The van der Waals surface area contributed by atoms with Gasteiger partial charge in [0.15, 0.2) is 0 Å². The van der Waals surface area contributed by atoms with Crippen LogP contribution < -0.4 is 5.32 Å². The Kier molecular flexibility index (Phi) is 7.48. The van der Waals surface area contributed by atoms with Gasteiger partial charge < -0.3 is 10.1 Å². The first-order valence-electron chi connectivity index (χ1n) is 9.16. The van der Waals surface area contributed by atoms with Crippen LogP contribution in [0, 0.1) is 11.3 Å². The van der Waals surface area contributed by atoms with E-state index in [-0.39, 0.29) is 22.7 Å². The van der Waals surface area contributed by atoms with Crippen molar-refractivity contribution < 1.29 is 14.3 Å². The molecule has 2 aromatic carbocycles. The molecule has 0 aliphatic rings. The lowest BCUT2D eigenvalue weighted by molar-refractivity contribution is -0.112. The summed E-state index contributed by atoms with van der Waals surface area (Å²) in [6.07, 6.45) is 1.40. The number of benzene rings is 2. The number of ether oxygens (including phenoxy) is 1. The number of nitrogens with zero attached hydrogens (tertiary/aromatic N) is 1. The lowest BCUT2D eigenvalue weighted by Crippen LogP contribution is -2.16. The first-order valence-corrected chi connectivity index (χ1v) is 10.8. The molecule has 0 aliphatic carbocycles. The lowest BCUT2D eigenvalue weighted by atomic mass is 10.0. The fourth-order valence-electron chi connectivity index (χ4n) is 2.76. The maximum absolute atomic E-state index is 12.8. The Morgan fingerprint density at radius 3 is 2.52 bits per heavy atom. The van der Waals surface area contributed by atoms with Crippen molar-refractivity contribution in [2.45, 2.75) is 6.92 Å². The van der Waals surface area contributed by atoms with Gasteiger partial charge in [0.2, 0.25) is 0 Å². The van der Waals surface area contributed by atoms with E-state index in [1.807, 2.05) is 6.07 Å². The molecular weight excluding hydrogens is 455 g/mol. The fraction of sp³-hybridized carbons (Fsp3) is 0.0870. The predicted octanol–water partition coefficient (Wildman–Crippen LogP) is 6.44. The second-order valence-electron chi connectivity index (χ2n) is 6.23. The van der Waals surface area contributed by atoms with Crippen LogP contribution in [0.4, 0.5) is 5.00 Å². The molecule has 31 heavy (non-hydrogen) atoms. The maximum Gasteiger partial charge on any atom is 0.341 e. The van der Waals surface area contributed by atoms with Crippen LogP contribution in [0.1, 0.15) is 22.8 Å². The topological polar surface area (TPSA) is 79.2 Å². The van der Waals surface area contributed by atoms with Crippen LogP contribution in [0.25, 0.3) is 17.2 Å². The van der Waals surface area contributed by atoms with Crippen LogP contribution >= 0.6 is 34.5 Å². The van der Waals surface area contributed by atoms with Crippen LogP contribution in [0.5, 0.6) is 0 Å². The molecule has 1 N–H and O–H groups in total. The summed E-state index contributed by atoms with van der Waals surface area (Å²) in [5.74, 6) is -1.23. The van der Waals surface area contributed by atoms with E-state index in [1.165, 1.54) is 17.4 Å². The zero-order valence-corrected chi connectivity index (χ0v) is 18.6. The van der Waals surface area contributed by atoms with Gasteiger partial charge in [-0.2, -0.15) is 5.26 Å². The molecule has 0 fully saturated rings. The van der Waals surface area contributed by atoms with Gasteiger partial charge in [0.1, 0.15) is 22.2 Å². The smallest absolute Gasteiger partial charge is 0.341 e. The van der Waals surface area contributed by atoms with E-state index in [1.54, 1.807) is 60.8 Å². The van der Waals surface area contributed by atoms with Gasteiger partial charge in [-0.3, -0.25) is 4.79 Å². The predicted molar refractivity (Wildman–Crippen MR) is 124 cm³/mol. The second-order valence-corrected chi connectivity index (χ2v) is 7.95. The number of amides is 1. The Labute approximate surface area is 193 Å². The number of esters is 1. The molecule has 8 heteroatoms. The molecule has 0 spiro atoms. The van der Waals surface area contributed by atoms with Crippen molar-refractivity contribution in [2.75, 3.05) is 11.9 Å². The number of carbonyl (C=O) groups is 2. The molecule has 0 aliphatic heterocycles. The van der Waals surface area contributed by atoms with Crippen LogP contribution in [0.2, 0.25) is 10.0 Å². The third-order valence-electron chi connectivity index (χ3n) is 4.22. The van der Waals surface area contributed by atoms with E-state index < -0.39 is 11.9 Å². The number of rotatable bonds is 6. The monoisotopic (exact) mass is 470 g/mol. The highest BCUT2D eigenvalue weighted by molar-refractivity contribution is 7.15. The van der Waals surface area contributed by atoms with Gasteiger partial charge in [-0.15, -0.1) is 11.3 Å². The molecule has 3 rings (SSSR count). The van der Waals surface area contributed by atoms with Crippen molar-refractivity contribution in [1.29, 1.82) is 5.26 Å². The number of hydrogen-bond donors (Lipinski definition) is 1. The highest BCUT2D eigenvalue weighted by atomic mass is 35.5. The van der Waals surface area contributed by atoms with Crippen molar-refractivity contribution in [2.24, 2.45) is 0 Å². The summed E-state index contributed by atoms with van der Waals surface area (Å²) in [5, 5.41) is 15.1. The van der Waals surface area contributed by atoms with Gasteiger partial charge >= 0.3 is 5.97 Å². The third kappa shape index (κ3) is 5.33. The third-order valence-corrected chi connectivity index (χ3v) is 5.71. The van der Waals surface area contributed by atoms with Gasteiger partial charge in [-0.1, -0.05) is 53.5 Å². The van der Waals surface area contributed by atoms with Crippen molar-refractivity contribution in [3.8, 4) is 17.2 Å². The highest BCUT2D eigenvalue weighted by Crippen LogP contribution is 2.37. The van der Waals surface area contributed by atoms with Crippen LogP contribution in [-0.4, -0.2) is 18.5 Å². The average Bonchev–Trinajstić information content (AvgIpc) is 3.17. The van der Waals surface area contributed by atoms with E-state index in [0.717, 1.165) is 5.56 Å². The van der Waals surface area contributed by atoms with E-state index >= 15 is 0 Å². The van der Waals surface area contributed by atoms with Gasteiger partial charge in [0, 0.05) is 21.0 Å². The first-order chi connectivity index (χ1) is 14.9. The molecule has 1 amide bonds. The quantitative estimate of drug-likeness (QED) is 0.255. The highest BCUT2D eigenvalue weighted by Gasteiger charge is 2.23. The summed E-state index contributed by atoms with van der Waals surface area (Å²) in [6, 6.07) is 15.7. The van der Waals surface area contributed by atoms with Crippen LogP contribution in [0.15, 0.2) is 59.5 Å². The summed E-state index contributed by atoms with van der Waals surface area (Å²) in [6.45, 7) is 1.88. The largest absolute Gasteiger partial charge is 0.462 e. The number of halogens is 2. The van der Waals surface area contributed by atoms with Crippen molar-refractivity contribution in [1.82, 2.24) is 0 Å². The van der Waals surface area contributed by atoms with Crippen molar-refractivity contribution in [3.05, 3.63) is 80.7 Å². The number of anilines is 1. The van der Waals surface area contributed by atoms with Crippen LogP contribution in [0.3, 0.4) is 0 Å². The molecule has 0 saturated carbocycles. The van der Waals surface area contributed by atoms with Gasteiger partial charge in [0.25, 0.3) is 5.91 Å². The van der Waals surface area contributed by atoms with Gasteiger partial charge in [0.05, 0.1) is 6.61 Å². The Bertz CT molecular complexity index is 1190. The molecule has 1 aromatic heterocycles. The molecule has 0 atom stereocenters. The first kappa shape index (κ1) is 22.6. The minimum absolute atomic E-state index is 0.149. The lowest BCUT2D eigenvalue weighted by Gasteiger charge is -2.09. The number of nitriles is 1. The molecule has 1 heterocycles. The summed E-state index contributed by atoms with van der Waals surface area (Å²) in [7, 11) is 0. The van der Waals surface area contributed by atoms with E-state index in [9.17, 15) is 14.9 Å². The number of hydrogen-bond acceptors (Lipinski definition) is 5. The number of thiophene rings is 1. The van der Waals surface area contributed by atoms with E-state index in [4.69, 9.17) is 27.9 Å². The average molecular weight is 471 g/mol. The Hall–Kier alpha value is -3.11. The SMILES string of the molecule is CCOC(=O)c1c(-c2ccc(Cl)cc2)csc1NC(=O)/C(C#N)=C/c1ccccc1Cl. The second kappa shape index (κ2) is 10.3. The van der Waals surface area contributed by atoms with E-state index in [0.29, 0.717) is 21.2 Å². The van der Waals surface area contributed by atoms with E-state index in [2.05, 4.69) is 5.32 Å². The zero-order valence-electron chi connectivity index (χ0n) is 16.3. The molecule has 0 saturated heterocycles. The fourth-order valence-corrected chi connectivity index (χ4v) is 4.03. The minimum atomic E-state index is -0.655. The molecule has 3 aromatic rings. The molecule has 0 radical (unpaired) electrons. The molecule has 156 valence electrons. The standard InChI is InChI=1S/C23H16Cl2N2O3S/c1-2-30-23(29)20-18(14-7-9-17(24)10-8-14)13-31-22(20)27-21(28)16(12-26)11-15-5-3-4-6-19(15)25/h3-11,13H,2H2,1H3,(H,27,28)/b16-11+. The van der Waals surface area contributed by atoms with Crippen LogP contribution in [-0.2, 0) is 9.53 Å².